The number of hydrogen-bond donors (Lipinski definition) is 0. The van der Waals surface area contributed by atoms with E-state index >= 15 is 0 Å². The van der Waals surface area contributed by atoms with Crippen molar-refractivity contribution in [2.45, 2.75) is 46.7 Å². The number of aromatic nitrogens is 2. The highest BCUT2D eigenvalue weighted by Gasteiger charge is 2.17. The van der Waals surface area contributed by atoms with Crippen LogP contribution >= 0.6 is 11.6 Å². The molecule has 0 amide bonds. The fourth-order valence-electron chi connectivity index (χ4n) is 1.69. The highest BCUT2D eigenvalue weighted by molar-refractivity contribution is 6.29. The third-order valence-corrected chi connectivity index (χ3v) is 2.35. The predicted molar refractivity (Wildman–Crippen MR) is 64.5 cm³/mol. The number of anilines is 1. The molecule has 0 N–H and O–H groups in total. The standard InChI is InChI=1S/C11H18ClN3/c1-7(2)15(8(3)4)11-13-9(5)6-10(12)14-11/h6-8H,1-5H3. The van der Waals surface area contributed by atoms with Gasteiger partial charge in [-0.25, -0.2) is 9.97 Å². The van der Waals surface area contributed by atoms with Crippen LogP contribution in [0.3, 0.4) is 0 Å². The van der Waals surface area contributed by atoms with Crippen molar-refractivity contribution in [3.05, 3.63) is 16.9 Å². The molecule has 3 nitrogen and oxygen atoms in total. The summed E-state index contributed by atoms with van der Waals surface area (Å²) in [5.41, 5.74) is 0.899. The summed E-state index contributed by atoms with van der Waals surface area (Å²) in [6.07, 6.45) is 0. The minimum Gasteiger partial charge on any atom is -0.336 e. The predicted octanol–water partition coefficient (Wildman–Crippen LogP) is 3.06. The van der Waals surface area contributed by atoms with Crippen molar-refractivity contribution in [3.8, 4) is 0 Å². The largest absolute Gasteiger partial charge is 0.336 e. The van der Waals surface area contributed by atoms with Crippen molar-refractivity contribution in [2.75, 3.05) is 4.90 Å². The molecule has 0 saturated heterocycles. The first-order valence-electron chi connectivity index (χ1n) is 5.21. The SMILES string of the molecule is Cc1cc(Cl)nc(N(C(C)C)C(C)C)n1. The van der Waals surface area contributed by atoms with Gasteiger partial charge in [-0.05, 0) is 40.7 Å². The summed E-state index contributed by atoms with van der Waals surface area (Å²) in [4.78, 5) is 10.8. The average molecular weight is 228 g/mol. The number of aryl methyl sites for hydroxylation is 1. The first kappa shape index (κ1) is 12.2. The molecule has 15 heavy (non-hydrogen) atoms. The van der Waals surface area contributed by atoms with Gasteiger partial charge in [0.2, 0.25) is 5.95 Å². The Morgan fingerprint density at radius 1 is 1.13 bits per heavy atom. The summed E-state index contributed by atoms with van der Waals surface area (Å²) in [5, 5.41) is 0.504. The molecule has 1 rings (SSSR count). The fraction of sp³-hybridized carbons (Fsp3) is 0.636. The van der Waals surface area contributed by atoms with E-state index in [1.54, 1.807) is 6.07 Å². The van der Waals surface area contributed by atoms with Gasteiger partial charge in [0.1, 0.15) is 5.15 Å². The minimum absolute atomic E-state index is 0.364. The lowest BCUT2D eigenvalue weighted by atomic mass is 10.2. The molecule has 0 unspecified atom stereocenters. The summed E-state index contributed by atoms with van der Waals surface area (Å²) in [6.45, 7) is 10.4. The van der Waals surface area contributed by atoms with E-state index in [1.807, 2.05) is 6.92 Å². The second-order valence-electron chi connectivity index (χ2n) is 4.23. The van der Waals surface area contributed by atoms with E-state index in [0.717, 1.165) is 5.69 Å². The van der Waals surface area contributed by atoms with Gasteiger partial charge in [-0.1, -0.05) is 11.6 Å². The van der Waals surface area contributed by atoms with Crippen LogP contribution in [0.1, 0.15) is 33.4 Å². The van der Waals surface area contributed by atoms with E-state index in [1.165, 1.54) is 0 Å². The van der Waals surface area contributed by atoms with Gasteiger partial charge in [0.15, 0.2) is 0 Å². The lowest BCUT2D eigenvalue weighted by molar-refractivity contribution is 0.590. The highest BCUT2D eigenvalue weighted by Crippen LogP contribution is 2.18. The Balaban J connectivity index is 3.11. The van der Waals surface area contributed by atoms with Crippen molar-refractivity contribution >= 4 is 17.5 Å². The Morgan fingerprint density at radius 3 is 2.07 bits per heavy atom. The third kappa shape index (κ3) is 3.06. The van der Waals surface area contributed by atoms with Crippen molar-refractivity contribution in [1.82, 2.24) is 9.97 Å². The van der Waals surface area contributed by atoms with Crippen molar-refractivity contribution in [1.29, 1.82) is 0 Å². The molecule has 0 spiro atoms. The van der Waals surface area contributed by atoms with Gasteiger partial charge in [0.05, 0.1) is 0 Å². The maximum absolute atomic E-state index is 5.93. The minimum atomic E-state index is 0.364. The van der Waals surface area contributed by atoms with Gasteiger partial charge >= 0.3 is 0 Å². The van der Waals surface area contributed by atoms with Crippen LogP contribution in [-0.2, 0) is 0 Å². The summed E-state index contributed by atoms with van der Waals surface area (Å²) >= 11 is 5.93. The Hall–Kier alpha value is -0.830. The van der Waals surface area contributed by atoms with Gasteiger partial charge in [0.25, 0.3) is 0 Å². The molecule has 0 atom stereocenters. The second kappa shape index (κ2) is 4.79. The van der Waals surface area contributed by atoms with E-state index in [2.05, 4.69) is 42.6 Å². The molecule has 84 valence electrons. The van der Waals surface area contributed by atoms with Crippen LogP contribution in [0.15, 0.2) is 6.07 Å². The Kier molecular flexibility index (Phi) is 3.91. The molecule has 0 aromatic carbocycles. The normalized spacial score (nSPS) is 11.2. The van der Waals surface area contributed by atoms with Crippen molar-refractivity contribution in [3.63, 3.8) is 0 Å². The van der Waals surface area contributed by atoms with Gasteiger partial charge in [-0.3, -0.25) is 0 Å². The zero-order valence-electron chi connectivity index (χ0n) is 9.95. The molecule has 1 aromatic rings. The Labute approximate surface area is 96.5 Å². The zero-order valence-corrected chi connectivity index (χ0v) is 10.7. The second-order valence-corrected chi connectivity index (χ2v) is 4.61. The van der Waals surface area contributed by atoms with Crippen LogP contribution in [0.25, 0.3) is 0 Å². The molecule has 0 fully saturated rings. The van der Waals surface area contributed by atoms with Gasteiger partial charge in [0, 0.05) is 17.8 Å². The molecular weight excluding hydrogens is 210 g/mol. The molecular formula is C11H18ClN3. The summed E-state index contributed by atoms with van der Waals surface area (Å²) in [6, 6.07) is 2.50. The van der Waals surface area contributed by atoms with E-state index in [0.29, 0.717) is 23.2 Å². The lowest BCUT2D eigenvalue weighted by Crippen LogP contribution is -2.38. The van der Waals surface area contributed by atoms with Crippen molar-refractivity contribution < 1.29 is 0 Å². The molecule has 1 heterocycles. The molecule has 1 aromatic heterocycles. The van der Waals surface area contributed by atoms with E-state index in [4.69, 9.17) is 11.6 Å². The van der Waals surface area contributed by atoms with Crippen LogP contribution in [0, 0.1) is 6.92 Å². The van der Waals surface area contributed by atoms with Gasteiger partial charge in [-0.15, -0.1) is 0 Å². The van der Waals surface area contributed by atoms with Crippen LogP contribution < -0.4 is 4.90 Å². The first-order valence-corrected chi connectivity index (χ1v) is 5.59. The van der Waals surface area contributed by atoms with Crippen molar-refractivity contribution in [2.24, 2.45) is 0 Å². The highest BCUT2D eigenvalue weighted by atomic mass is 35.5. The summed E-state index contributed by atoms with van der Waals surface area (Å²) in [7, 11) is 0. The molecule has 4 heteroatoms. The molecule has 0 radical (unpaired) electrons. The number of halogens is 1. The molecule has 0 aliphatic heterocycles. The van der Waals surface area contributed by atoms with Gasteiger partial charge in [-0.2, -0.15) is 0 Å². The summed E-state index contributed by atoms with van der Waals surface area (Å²) in [5.74, 6) is 0.713. The van der Waals surface area contributed by atoms with Crippen LogP contribution in [0.4, 0.5) is 5.95 Å². The average Bonchev–Trinajstić information content (AvgIpc) is 1.99. The summed E-state index contributed by atoms with van der Waals surface area (Å²) < 4.78 is 0. The molecule has 0 saturated carbocycles. The van der Waals surface area contributed by atoms with E-state index in [9.17, 15) is 0 Å². The quantitative estimate of drug-likeness (QED) is 0.744. The number of nitrogens with zero attached hydrogens (tertiary/aromatic N) is 3. The zero-order chi connectivity index (χ0) is 11.6. The smallest absolute Gasteiger partial charge is 0.227 e. The van der Waals surface area contributed by atoms with E-state index < -0.39 is 0 Å². The van der Waals surface area contributed by atoms with E-state index in [-0.39, 0.29) is 0 Å². The fourth-order valence-corrected chi connectivity index (χ4v) is 1.92. The van der Waals surface area contributed by atoms with Crippen LogP contribution in [-0.4, -0.2) is 22.1 Å². The number of rotatable bonds is 3. The van der Waals surface area contributed by atoms with Crippen LogP contribution in [0.2, 0.25) is 5.15 Å². The number of hydrogen-bond acceptors (Lipinski definition) is 3. The lowest BCUT2D eigenvalue weighted by Gasteiger charge is -2.30. The van der Waals surface area contributed by atoms with Crippen LogP contribution in [0.5, 0.6) is 0 Å². The topological polar surface area (TPSA) is 29.0 Å². The Bertz CT molecular complexity index is 308. The molecule has 0 aliphatic rings. The Morgan fingerprint density at radius 2 is 1.67 bits per heavy atom. The first-order chi connectivity index (χ1) is 6.91. The van der Waals surface area contributed by atoms with Gasteiger partial charge < -0.3 is 4.90 Å². The monoisotopic (exact) mass is 227 g/mol. The maximum Gasteiger partial charge on any atom is 0.227 e. The maximum atomic E-state index is 5.93. The third-order valence-electron chi connectivity index (χ3n) is 2.15. The molecule has 0 bridgehead atoms. The molecule has 0 aliphatic carbocycles.